The lowest BCUT2D eigenvalue weighted by molar-refractivity contribution is -0.141. The number of ether oxygens (including phenoxy) is 1. The summed E-state index contributed by atoms with van der Waals surface area (Å²) in [6, 6.07) is 6.17. The fraction of sp³-hybridized carbons (Fsp3) is 0.562. The van der Waals surface area contributed by atoms with E-state index in [1.807, 2.05) is 6.07 Å². The molecule has 2 heterocycles. The first-order chi connectivity index (χ1) is 10.6. The lowest BCUT2D eigenvalue weighted by atomic mass is 9.99. The average Bonchev–Trinajstić information content (AvgIpc) is 3.00. The number of rotatable bonds is 4. The number of carboxylic acid groups (broad SMARTS) is 1. The molecular formula is C16H21ClN2O3. The van der Waals surface area contributed by atoms with Crippen molar-refractivity contribution in [1.82, 2.24) is 10.2 Å². The van der Waals surface area contributed by atoms with Crippen LogP contribution in [-0.2, 0) is 16.1 Å². The van der Waals surface area contributed by atoms with Crippen molar-refractivity contribution < 1.29 is 14.6 Å². The summed E-state index contributed by atoms with van der Waals surface area (Å²) in [5.74, 6) is -1.04. The third kappa shape index (κ3) is 3.60. The molecule has 2 aliphatic heterocycles. The number of aliphatic carboxylic acids is 1. The molecule has 0 amide bonds. The van der Waals surface area contributed by atoms with Crippen molar-refractivity contribution in [3.63, 3.8) is 0 Å². The van der Waals surface area contributed by atoms with Crippen LogP contribution in [0.2, 0.25) is 5.02 Å². The van der Waals surface area contributed by atoms with Crippen molar-refractivity contribution in [3.8, 4) is 0 Å². The van der Waals surface area contributed by atoms with Gasteiger partial charge in [-0.3, -0.25) is 9.69 Å². The van der Waals surface area contributed by atoms with Gasteiger partial charge in [-0.1, -0.05) is 23.7 Å². The summed E-state index contributed by atoms with van der Waals surface area (Å²) >= 11 is 6.42. The third-order valence-electron chi connectivity index (χ3n) is 4.46. The molecule has 2 aliphatic rings. The second-order valence-corrected chi connectivity index (χ2v) is 6.38. The van der Waals surface area contributed by atoms with Gasteiger partial charge in [-0.2, -0.15) is 0 Å². The lowest BCUT2D eigenvalue weighted by Crippen LogP contribution is -2.35. The van der Waals surface area contributed by atoms with Crippen LogP contribution in [0.3, 0.4) is 0 Å². The standard InChI is InChI=1S/C16H21ClN2O3/c17-14-7-11(15-8-13(9-18-15)16(20)21)1-2-12(14)10-19-3-5-22-6-4-19/h1-2,7,13,15,18H,3-6,8-10H2,(H,20,21). The fourth-order valence-corrected chi connectivity index (χ4v) is 3.34. The third-order valence-corrected chi connectivity index (χ3v) is 4.81. The Bertz CT molecular complexity index is 546. The summed E-state index contributed by atoms with van der Waals surface area (Å²) in [6.07, 6.45) is 0.620. The minimum Gasteiger partial charge on any atom is -0.481 e. The molecule has 1 aromatic rings. The van der Waals surface area contributed by atoms with Crippen LogP contribution in [0.1, 0.15) is 23.6 Å². The molecule has 1 aromatic carbocycles. The Morgan fingerprint density at radius 2 is 2.18 bits per heavy atom. The van der Waals surface area contributed by atoms with Crippen LogP contribution >= 0.6 is 11.6 Å². The van der Waals surface area contributed by atoms with Crippen LogP contribution in [0.5, 0.6) is 0 Å². The SMILES string of the molecule is O=C(O)C1CNC(c2ccc(CN3CCOCC3)c(Cl)c2)C1. The molecule has 22 heavy (non-hydrogen) atoms. The largest absolute Gasteiger partial charge is 0.481 e. The minimum absolute atomic E-state index is 0.0797. The zero-order valence-corrected chi connectivity index (χ0v) is 13.2. The molecular weight excluding hydrogens is 304 g/mol. The zero-order chi connectivity index (χ0) is 15.5. The van der Waals surface area contributed by atoms with Crippen molar-refractivity contribution in [2.45, 2.75) is 19.0 Å². The van der Waals surface area contributed by atoms with Crippen LogP contribution in [0, 0.1) is 5.92 Å². The van der Waals surface area contributed by atoms with Gasteiger partial charge in [0.1, 0.15) is 0 Å². The molecule has 2 fully saturated rings. The van der Waals surface area contributed by atoms with E-state index < -0.39 is 5.97 Å². The predicted octanol–water partition coefficient (Wildman–Crippen LogP) is 1.91. The summed E-state index contributed by atoms with van der Waals surface area (Å²) in [5.41, 5.74) is 2.18. The molecule has 0 saturated carbocycles. The number of carboxylic acids is 1. The van der Waals surface area contributed by atoms with E-state index >= 15 is 0 Å². The molecule has 120 valence electrons. The maximum absolute atomic E-state index is 11.0. The van der Waals surface area contributed by atoms with Gasteiger partial charge < -0.3 is 15.2 Å². The molecule has 2 N–H and O–H groups in total. The number of carbonyl (C=O) groups is 1. The molecule has 6 heteroatoms. The Labute approximate surface area is 135 Å². The molecule has 0 spiro atoms. The number of nitrogens with zero attached hydrogens (tertiary/aromatic N) is 1. The molecule has 2 unspecified atom stereocenters. The average molecular weight is 325 g/mol. The summed E-state index contributed by atoms with van der Waals surface area (Å²) in [7, 11) is 0. The smallest absolute Gasteiger partial charge is 0.307 e. The van der Waals surface area contributed by atoms with Crippen LogP contribution < -0.4 is 5.32 Å². The number of halogens is 1. The topological polar surface area (TPSA) is 61.8 Å². The Balaban J connectivity index is 1.65. The highest BCUT2D eigenvalue weighted by molar-refractivity contribution is 6.31. The minimum atomic E-state index is -0.731. The van der Waals surface area contributed by atoms with Crippen LogP contribution in [0.4, 0.5) is 0 Å². The van der Waals surface area contributed by atoms with Crippen molar-refractivity contribution in [2.75, 3.05) is 32.8 Å². The van der Waals surface area contributed by atoms with Gasteiger partial charge in [0.2, 0.25) is 0 Å². The van der Waals surface area contributed by atoms with Gasteiger partial charge in [0.25, 0.3) is 0 Å². The molecule has 0 aliphatic carbocycles. The van der Waals surface area contributed by atoms with Crippen molar-refractivity contribution in [2.24, 2.45) is 5.92 Å². The van der Waals surface area contributed by atoms with E-state index in [9.17, 15) is 4.79 Å². The number of benzene rings is 1. The Hall–Kier alpha value is -1.14. The second-order valence-electron chi connectivity index (χ2n) is 5.97. The van der Waals surface area contributed by atoms with Crippen LogP contribution in [0.15, 0.2) is 18.2 Å². The first-order valence-electron chi connectivity index (χ1n) is 7.68. The number of nitrogens with one attached hydrogen (secondary N) is 1. The normalized spacial score (nSPS) is 26.2. The van der Waals surface area contributed by atoms with Crippen molar-refractivity contribution in [3.05, 3.63) is 34.3 Å². The van der Waals surface area contributed by atoms with E-state index in [1.165, 1.54) is 0 Å². The van der Waals surface area contributed by atoms with Crippen LogP contribution in [0.25, 0.3) is 0 Å². The molecule has 0 bridgehead atoms. The predicted molar refractivity (Wildman–Crippen MR) is 84.0 cm³/mol. The first kappa shape index (κ1) is 15.7. The maximum Gasteiger partial charge on any atom is 0.307 e. The van der Waals surface area contributed by atoms with Gasteiger partial charge in [-0.15, -0.1) is 0 Å². The van der Waals surface area contributed by atoms with Crippen molar-refractivity contribution in [1.29, 1.82) is 0 Å². The molecule has 2 atom stereocenters. The number of hydrogen-bond acceptors (Lipinski definition) is 4. The highest BCUT2D eigenvalue weighted by Crippen LogP contribution is 2.30. The van der Waals surface area contributed by atoms with Gasteiger partial charge in [0.05, 0.1) is 19.1 Å². The fourth-order valence-electron chi connectivity index (χ4n) is 3.09. The molecule has 2 saturated heterocycles. The summed E-state index contributed by atoms with van der Waals surface area (Å²) in [4.78, 5) is 13.4. The Morgan fingerprint density at radius 1 is 1.41 bits per heavy atom. The van der Waals surface area contributed by atoms with Gasteiger partial charge >= 0.3 is 5.97 Å². The Kier molecular flexibility index (Phi) is 4.98. The summed E-state index contributed by atoms with van der Waals surface area (Å²) in [6.45, 7) is 4.77. The molecule has 5 nitrogen and oxygen atoms in total. The quantitative estimate of drug-likeness (QED) is 0.886. The Morgan fingerprint density at radius 3 is 2.82 bits per heavy atom. The maximum atomic E-state index is 11.0. The van der Waals surface area contributed by atoms with Gasteiger partial charge in [-0.25, -0.2) is 0 Å². The first-order valence-corrected chi connectivity index (χ1v) is 8.06. The molecule has 3 rings (SSSR count). The summed E-state index contributed by atoms with van der Waals surface area (Å²) < 4.78 is 5.35. The van der Waals surface area contributed by atoms with Gasteiger partial charge in [0.15, 0.2) is 0 Å². The number of morpholine rings is 1. The van der Waals surface area contributed by atoms with E-state index in [1.54, 1.807) is 0 Å². The van der Waals surface area contributed by atoms with Crippen molar-refractivity contribution >= 4 is 17.6 Å². The molecule has 0 radical (unpaired) electrons. The van der Waals surface area contributed by atoms with E-state index in [0.717, 1.165) is 49.0 Å². The highest BCUT2D eigenvalue weighted by Gasteiger charge is 2.30. The van der Waals surface area contributed by atoms with E-state index in [4.69, 9.17) is 21.4 Å². The van der Waals surface area contributed by atoms with E-state index in [-0.39, 0.29) is 12.0 Å². The molecule has 0 aromatic heterocycles. The lowest BCUT2D eigenvalue weighted by Gasteiger charge is -2.27. The van der Waals surface area contributed by atoms with Gasteiger partial charge in [0, 0.05) is 37.2 Å². The summed E-state index contributed by atoms with van der Waals surface area (Å²) in [5, 5.41) is 13.1. The number of hydrogen-bond donors (Lipinski definition) is 2. The second kappa shape index (κ2) is 6.96. The monoisotopic (exact) mass is 324 g/mol. The van der Waals surface area contributed by atoms with E-state index in [2.05, 4.69) is 22.3 Å². The van der Waals surface area contributed by atoms with E-state index in [0.29, 0.717) is 13.0 Å². The highest BCUT2D eigenvalue weighted by atomic mass is 35.5. The van der Waals surface area contributed by atoms with Gasteiger partial charge in [-0.05, 0) is 23.6 Å². The van der Waals surface area contributed by atoms with Crippen LogP contribution in [-0.4, -0.2) is 48.8 Å². The zero-order valence-electron chi connectivity index (χ0n) is 12.4.